The second-order valence-electron chi connectivity index (χ2n) is 6.67. The highest BCUT2D eigenvalue weighted by molar-refractivity contribution is 4.98. The molecule has 0 radical (unpaired) electrons. The summed E-state index contributed by atoms with van der Waals surface area (Å²) >= 11 is 0. The Kier molecular flexibility index (Phi) is 2.97. The van der Waals surface area contributed by atoms with E-state index < -0.39 is 0 Å². The molecule has 0 aromatic carbocycles. The number of rotatable bonds is 4. The van der Waals surface area contributed by atoms with Crippen molar-refractivity contribution in [2.45, 2.75) is 51.0 Å². The van der Waals surface area contributed by atoms with Crippen molar-refractivity contribution in [3.8, 4) is 0 Å². The van der Waals surface area contributed by atoms with Crippen LogP contribution in [0.5, 0.6) is 0 Å². The van der Waals surface area contributed by atoms with E-state index in [2.05, 4.69) is 0 Å². The van der Waals surface area contributed by atoms with Crippen LogP contribution in [0.15, 0.2) is 0 Å². The molecule has 0 amide bonds. The van der Waals surface area contributed by atoms with Gasteiger partial charge in [-0.05, 0) is 74.5 Å². The van der Waals surface area contributed by atoms with E-state index >= 15 is 0 Å². The zero-order valence-electron chi connectivity index (χ0n) is 10.3. The maximum Gasteiger partial charge on any atom is 0.0163 e. The smallest absolute Gasteiger partial charge is 0.0163 e. The normalized spacial score (nSPS) is 47.2. The summed E-state index contributed by atoms with van der Waals surface area (Å²) in [6.07, 6.45) is 10.2. The fourth-order valence-corrected chi connectivity index (χ4v) is 5.03. The van der Waals surface area contributed by atoms with E-state index in [0.29, 0.717) is 6.54 Å². The van der Waals surface area contributed by atoms with Gasteiger partial charge in [0, 0.05) is 12.6 Å². The molecular weight excluding hydrogens is 196 g/mol. The Bertz CT molecular complexity index is 223. The van der Waals surface area contributed by atoms with Gasteiger partial charge in [-0.3, -0.25) is 0 Å². The van der Waals surface area contributed by atoms with Gasteiger partial charge in [0.05, 0.1) is 0 Å². The lowest BCUT2D eigenvalue weighted by molar-refractivity contribution is -0.0407. The average molecular weight is 222 g/mol. The van der Waals surface area contributed by atoms with Gasteiger partial charge >= 0.3 is 0 Å². The van der Waals surface area contributed by atoms with Gasteiger partial charge in [-0.2, -0.15) is 0 Å². The summed E-state index contributed by atoms with van der Waals surface area (Å²) in [6.45, 7) is 0.660. The van der Waals surface area contributed by atoms with Gasteiger partial charge in [0.2, 0.25) is 0 Å². The van der Waals surface area contributed by atoms with Crippen LogP contribution in [0.1, 0.15) is 44.9 Å². The maximum absolute atomic E-state index is 5.95. The molecule has 4 rings (SSSR count). The van der Waals surface area contributed by atoms with Crippen LogP contribution in [0.4, 0.5) is 0 Å². The van der Waals surface area contributed by atoms with E-state index in [4.69, 9.17) is 11.5 Å². The monoisotopic (exact) mass is 222 g/mol. The molecule has 0 aliphatic heterocycles. The van der Waals surface area contributed by atoms with Crippen molar-refractivity contribution in [1.29, 1.82) is 0 Å². The van der Waals surface area contributed by atoms with E-state index in [1.807, 2.05) is 0 Å². The second kappa shape index (κ2) is 4.30. The maximum atomic E-state index is 5.95. The zero-order valence-corrected chi connectivity index (χ0v) is 10.3. The molecule has 4 fully saturated rings. The molecule has 4 aliphatic rings. The summed E-state index contributed by atoms with van der Waals surface area (Å²) in [5, 5.41) is 0. The zero-order chi connectivity index (χ0) is 11.1. The van der Waals surface area contributed by atoms with Gasteiger partial charge < -0.3 is 11.5 Å². The van der Waals surface area contributed by atoms with Crippen LogP contribution in [0.3, 0.4) is 0 Å². The summed E-state index contributed by atoms with van der Waals surface area (Å²) < 4.78 is 0. The summed E-state index contributed by atoms with van der Waals surface area (Å²) in [5.74, 6) is 5.32. The molecule has 4 bridgehead atoms. The Labute approximate surface area is 99.1 Å². The van der Waals surface area contributed by atoms with Crippen molar-refractivity contribution >= 4 is 0 Å². The molecular formula is C14H26N2. The molecule has 4 N–H and O–H groups in total. The predicted octanol–water partition coefficient (Wildman–Crippen LogP) is 2.12. The SMILES string of the molecule is NCC(N)CCC1C2CC3CC(C2)CC1C3. The first kappa shape index (κ1) is 11.0. The molecule has 0 heterocycles. The molecule has 92 valence electrons. The van der Waals surface area contributed by atoms with Crippen LogP contribution in [0, 0.1) is 29.6 Å². The van der Waals surface area contributed by atoms with Crippen LogP contribution >= 0.6 is 0 Å². The predicted molar refractivity (Wildman–Crippen MR) is 66.8 cm³/mol. The van der Waals surface area contributed by atoms with E-state index in [1.165, 1.54) is 32.1 Å². The van der Waals surface area contributed by atoms with E-state index in [0.717, 1.165) is 36.0 Å². The third kappa shape index (κ3) is 1.91. The topological polar surface area (TPSA) is 52.0 Å². The quantitative estimate of drug-likeness (QED) is 0.765. The number of hydrogen-bond donors (Lipinski definition) is 2. The van der Waals surface area contributed by atoms with Crippen LogP contribution in [0.25, 0.3) is 0 Å². The lowest BCUT2D eigenvalue weighted by Gasteiger charge is -2.54. The first-order chi connectivity index (χ1) is 7.76. The Morgan fingerprint density at radius 1 is 0.938 bits per heavy atom. The van der Waals surface area contributed by atoms with Gasteiger partial charge in [-0.25, -0.2) is 0 Å². The van der Waals surface area contributed by atoms with Gasteiger partial charge in [0.1, 0.15) is 0 Å². The average Bonchev–Trinajstić information content (AvgIpc) is 2.26. The lowest BCUT2D eigenvalue weighted by Crippen LogP contribution is -2.45. The number of nitrogens with two attached hydrogens (primary N) is 2. The van der Waals surface area contributed by atoms with E-state index in [1.54, 1.807) is 6.42 Å². The first-order valence-electron chi connectivity index (χ1n) is 7.22. The molecule has 2 nitrogen and oxygen atoms in total. The summed E-state index contributed by atoms with van der Waals surface area (Å²) in [4.78, 5) is 0. The fourth-order valence-electron chi connectivity index (χ4n) is 5.03. The largest absolute Gasteiger partial charge is 0.329 e. The fraction of sp³-hybridized carbons (Fsp3) is 1.00. The molecule has 0 spiro atoms. The molecule has 4 saturated carbocycles. The summed E-state index contributed by atoms with van der Waals surface area (Å²) in [5.41, 5.74) is 11.6. The minimum absolute atomic E-state index is 0.247. The van der Waals surface area contributed by atoms with Crippen LogP contribution in [-0.4, -0.2) is 12.6 Å². The van der Waals surface area contributed by atoms with Crippen molar-refractivity contribution in [1.82, 2.24) is 0 Å². The van der Waals surface area contributed by atoms with Crippen LogP contribution in [-0.2, 0) is 0 Å². The Balaban J connectivity index is 1.59. The summed E-state index contributed by atoms with van der Waals surface area (Å²) in [7, 11) is 0. The van der Waals surface area contributed by atoms with Crippen LogP contribution < -0.4 is 11.5 Å². The molecule has 4 aliphatic carbocycles. The Morgan fingerprint density at radius 2 is 1.50 bits per heavy atom. The lowest BCUT2D eigenvalue weighted by atomic mass is 9.51. The highest BCUT2D eigenvalue weighted by Crippen LogP contribution is 2.57. The molecule has 2 heteroatoms. The van der Waals surface area contributed by atoms with Gasteiger partial charge in [-0.15, -0.1) is 0 Å². The minimum Gasteiger partial charge on any atom is -0.329 e. The van der Waals surface area contributed by atoms with Gasteiger partial charge in [-0.1, -0.05) is 0 Å². The van der Waals surface area contributed by atoms with Crippen molar-refractivity contribution in [3.05, 3.63) is 0 Å². The molecule has 16 heavy (non-hydrogen) atoms. The standard InChI is InChI=1S/C14H26N2/c15-8-13(16)1-2-14-11-4-9-3-10(6-11)7-12(14)5-9/h9-14H,1-8,15-16H2. The molecule has 1 atom stereocenters. The van der Waals surface area contributed by atoms with Gasteiger partial charge in [0.15, 0.2) is 0 Å². The highest BCUT2D eigenvalue weighted by Gasteiger charge is 2.47. The van der Waals surface area contributed by atoms with Crippen molar-refractivity contribution in [2.24, 2.45) is 41.1 Å². The molecule has 0 saturated heterocycles. The van der Waals surface area contributed by atoms with Crippen molar-refractivity contribution in [2.75, 3.05) is 6.54 Å². The van der Waals surface area contributed by atoms with Gasteiger partial charge in [0.25, 0.3) is 0 Å². The molecule has 0 aromatic rings. The third-order valence-corrected chi connectivity index (χ3v) is 5.60. The second-order valence-corrected chi connectivity index (χ2v) is 6.67. The molecule has 0 aromatic heterocycles. The van der Waals surface area contributed by atoms with Crippen molar-refractivity contribution < 1.29 is 0 Å². The Hall–Kier alpha value is -0.0800. The van der Waals surface area contributed by atoms with E-state index in [9.17, 15) is 0 Å². The summed E-state index contributed by atoms with van der Waals surface area (Å²) in [6, 6.07) is 0.247. The Morgan fingerprint density at radius 3 is 2.00 bits per heavy atom. The van der Waals surface area contributed by atoms with Crippen LogP contribution in [0.2, 0.25) is 0 Å². The van der Waals surface area contributed by atoms with E-state index in [-0.39, 0.29) is 6.04 Å². The van der Waals surface area contributed by atoms with Crippen molar-refractivity contribution in [3.63, 3.8) is 0 Å². The minimum atomic E-state index is 0.247. The number of hydrogen-bond acceptors (Lipinski definition) is 2. The highest BCUT2D eigenvalue weighted by atomic mass is 14.7. The molecule has 1 unspecified atom stereocenters. The third-order valence-electron chi connectivity index (χ3n) is 5.60. The first-order valence-corrected chi connectivity index (χ1v) is 7.22.